The standard InChI is InChI=1S/C14H10FNOSe/c1-9-6-7-10(8-12(9)15)16-14(17)11-4-2-3-5-13(11)18-16/h2-8H,1H3. The molecule has 2 aromatic carbocycles. The Hall–Kier alpha value is -1.64. The molecular formula is C14H10FNOSe. The summed E-state index contributed by atoms with van der Waals surface area (Å²) < 4.78 is 16.3. The van der Waals surface area contributed by atoms with Gasteiger partial charge in [0, 0.05) is 0 Å². The van der Waals surface area contributed by atoms with E-state index in [9.17, 15) is 9.18 Å². The van der Waals surface area contributed by atoms with Gasteiger partial charge in [-0.1, -0.05) is 0 Å². The molecule has 2 nitrogen and oxygen atoms in total. The molecule has 0 saturated heterocycles. The summed E-state index contributed by atoms with van der Waals surface area (Å²) in [5, 5.41) is 0.735. The Morgan fingerprint density at radius 1 is 1.17 bits per heavy atom. The number of hydrogen-bond donors (Lipinski definition) is 0. The van der Waals surface area contributed by atoms with Crippen molar-refractivity contribution in [3.8, 4) is 5.69 Å². The van der Waals surface area contributed by atoms with Crippen molar-refractivity contribution in [3.05, 3.63) is 64.2 Å². The summed E-state index contributed by atoms with van der Waals surface area (Å²) in [6.45, 7) is 1.71. The van der Waals surface area contributed by atoms with Crippen LogP contribution in [0.3, 0.4) is 0 Å². The van der Waals surface area contributed by atoms with Crippen LogP contribution in [0.15, 0.2) is 47.3 Å². The van der Waals surface area contributed by atoms with E-state index in [0.717, 1.165) is 9.65 Å². The number of aromatic nitrogens is 1. The van der Waals surface area contributed by atoms with Crippen LogP contribution in [0, 0.1) is 12.7 Å². The van der Waals surface area contributed by atoms with Gasteiger partial charge < -0.3 is 0 Å². The molecule has 4 heteroatoms. The van der Waals surface area contributed by atoms with Gasteiger partial charge in [-0.2, -0.15) is 0 Å². The third-order valence-corrected chi connectivity index (χ3v) is 5.21. The summed E-state index contributed by atoms with van der Waals surface area (Å²) in [5.74, 6) is -0.271. The number of benzene rings is 2. The minimum atomic E-state index is -0.271. The van der Waals surface area contributed by atoms with Crippen molar-refractivity contribution in [3.63, 3.8) is 0 Å². The second-order valence-electron chi connectivity index (χ2n) is 4.12. The predicted molar refractivity (Wildman–Crippen MR) is 71.2 cm³/mol. The van der Waals surface area contributed by atoms with Gasteiger partial charge in [0.25, 0.3) is 0 Å². The fourth-order valence-electron chi connectivity index (χ4n) is 1.85. The van der Waals surface area contributed by atoms with Crippen LogP contribution in [0.2, 0.25) is 0 Å². The van der Waals surface area contributed by atoms with E-state index in [1.54, 1.807) is 22.6 Å². The third-order valence-electron chi connectivity index (χ3n) is 2.88. The summed E-state index contributed by atoms with van der Waals surface area (Å²) in [4.78, 5) is 12.2. The molecule has 0 saturated carbocycles. The Morgan fingerprint density at radius 3 is 2.67 bits per heavy atom. The van der Waals surface area contributed by atoms with E-state index in [-0.39, 0.29) is 26.1 Å². The van der Waals surface area contributed by atoms with Gasteiger partial charge >= 0.3 is 109 Å². The fourth-order valence-corrected chi connectivity index (χ4v) is 3.93. The zero-order valence-corrected chi connectivity index (χ0v) is 11.4. The van der Waals surface area contributed by atoms with Crippen LogP contribution < -0.4 is 5.56 Å². The average molecular weight is 306 g/mol. The Morgan fingerprint density at radius 2 is 1.94 bits per heavy atom. The molecule has 0 atom stereocenters. The molecule has 0 radical (unpaired) electrons. The van der Waals surface area contributed by atoms with Crippen molar-refractivity contribution in [2.45, 2.75) is 6.92 Å². The van der Waals surface area contributed by atoms with Gasteiger partial charge in [0.15, 0.2) is 0 Å². The van der Waals surface area contributed by atoms with Crippen molar-refractivity contribution < 1.29 is 4.39 Å². The van der Waals surface area contributed by atoms with Crippen molar-refractivity contribution in [2.75, 3.05) is 0 Å². The van der Waals surface area contributed by atoms with E-state index < -0.39 is 0 Å². The monoisotopic (exact) mass is 307 g/mol. The molecule has 0 N–H and O–H groups in total. The van der Waals surface area contributed by atoms with Crippen LogP contribution in [0.25, 0.3) is 15.3 Å². The van der Waals surface area contributed by atoms with Crippen LogP contribution in [0.4, 0.5) is 4.39 Å². The maximum atomic E-state index is 13.6. The Bertz CT molecular complexity index is 788. The zero-order chi connectivity index (χ0) is 12.7. The first-order chi connectivity index (χ1) is 8.66. The van der Waals surface area contributed by atoms with Crippen molar-refractivity contribution in [1.29, 1.82) is 0 Å². The summed E-state index contributed by atoms with van der Waals surface area (Å²) in [7, 11) is 0. The SMILES string of the molecule is Cc1ccc(-n2[se]c3ccccc3c2=O)cc1F. The Kier molecular flexibility index (Phi) is 2.69. The molecule has 90 valence electrons. The molecule has 1 heterocycles. The average Bonchev–Trinajstić information content (AvgIpc) is 2.71. The molecule has 18 heavy (non-hydrogen) atoms. The molecule has 1 aromatic heterocycles. The van der Waals surface area contributed by atoms with Gasteiger partial charge in [0.05, 0.1) is 0 Å². The zero-order valence-electron chi connectivity index (χ0n) is 9.68. The van der Waals surface area contributed by atoms with Crippen LogP contribution in [0.1, 0.15) is 5.56 Å². The second kappa shape index (κ2) is 4.23. The van der Waals surface area contributed by atoms with E-state index in [1.165, 1.54) is 6.07 Å². The molecular weight excluding hydrogens is 296 g/mol. The molecule has 0 fully saturated rings. The molecule has 0 aliphatic rings. The first-order valence-corrected chi connectivity index (χ1v) is 7.17. The molecule has 0 amide bonds. The van der Waals surface area contributed by atoms with Crippen LogP contribution >= 0.6 is 0 Å². The van der Waals surface area contributed by atoms with E-state index in [1.807, 2.05) is 24.3 Å². The summed E-state index contributed by atoms with van der Waals surface area (Å²) in [5.41, 5.74) is 1.20. The minimum absolute atomic E-state index is 0.0335. The van der Waals surface area contributed by atoms with Crippen LogP contribution in [-0.2, 0) is 0 Å². The molecule has 3 rings (SSSR count). The Balaban J connectivity index is 2.28. The molecule has 3 aromatic rings. The quantitative estimate of drug-likeness (QED) is 0.633. The van der Waals surface area contributed by atoms with Crippen LogP contribution in [-0.4, -0.2) is 18.3 Å². The summed E-state index contributed by atoms with van der Waals surface area (Å²) >= 11 is -0.102. The first-order valence-electron chi connectivity index (χ1n) is 5.54. The van der Waals surface area contributed by atoms with Gasteiger partial charge in [-0.05, 0) is 0 Å². The molecule has 0 aliphatic heterocycles. The van der Waals surface area contributed by atoms with Crippen molar-refractivity contribution >= 4 is 24.4 Å². The molecule has 0 spiro atoms. The summed E-state index contributed by atoms with van der Waals surface area (Å²) in [6.07, 6.45) is 0. The predicted octanol–water partition coefficient (Wildman–Crippen LogP) is 2.50. The topological polar surface area (TPSA) is 22.0 Å². The normalized spacial score (nSPS) is 11.0. The molecule has 0 unspecified atom stereocenters. The number of hydrogen-bond acceptors (Lipinski definition) is 1. The molecule has 0 bridgehead atoms. The number of aryl methyl sites for hydroxylation is 1. The fraction of sp³-hybridized carbons (Fsp3) is 0.0714. The first kappa shape index (κ1) is 11.4. The van der Waals surface area contributed by atoms with E-state index in [0.29, 0.717) is 11.3 Å². The maximum absolute atomic E-state index is 13.6. The van der Waals surface area contributed by atoms with Gasteiger partial charge in [-0.25, -0.2) is 0 Å². The Labute approximate surface area is 109 Å². The van der Waals surface area contributed by atoms with Gasteiger partial charge in [0.1, 0.15) is 0 Å². The van der Waals surface area contributed by atoms with Gasteiger partial charge in [0.2, 0.25) is 0 Å². The van der Waals surface area contributed by atoms with Gasteiger partial charge in [-0.15, -0.1) is 0 Å². The molecule has 0 aliphatic carbocycles. The number of halogens is 1. The van der Waals surface area contributed by atoms with Crippen molar-refractivity contribution in [1.82, 2.24) is 3.56 Å². The van der Waals surface area contributed by atoms with Crippen LogP contribution in [0.5, 0.6) is 0 Å². The van der Waals surface area contributed by atoms with Crippen molar-refractivity contribution in [2.24, 2.45) is 0 Å². The number of rotatable bonds is 1. The number of nitrogens with zero attached hydrogens (tertiary/aromatic N) is 1. The second-order valence-corrected chi connectivity index (χ2v) is 6.19. The van der Waals surface area contributed by atoms with E-state index in [4.69, 9.17) is 0 Å². The third kappa shape index (κ3) is 1.74. The number of fused-ring (bicyclic) bond motifs is 1. The summed E-state index contributed by atoms with van der Waals surface area (Å²) in [6, 6.07) is 12.5. The van der Waals surface area contributed by atoms with E-state index >= 15 is 0 Å². The van der Waals surface area contributed by atoms with Gasteiger partial charge in [-0.3, -0.25) is 0 Å². The van der Waals surface area contributed by atoms with E-state index in [2.05, 4.69) is 0 Å².